The van der Waals surface area contributed by atoms with Crippen LogP contribution in [0.3, 0.4) is 0 Å². The van der Waals surface area contributed by atoms with Crippen molar-refractivity contribution in [1.29, 1.82) is 0 Å². The van der Waals surface area contributed by atoms with Crippen LogP contribution in [0.4, 0.5) is 4.39 Å². The predicted molar refractivity (Wildman–Crippen MR) is 86.8 cm³/mol. The van der Waals surface area contributed by atoms with Crippen LogP contribution in [-0.2, 0) is 0 Å². The van der Waals surface area contributed by atoms with Gasteiger partial charge in [0.15, 0.2) is 0 Å². The van der Waals surface area contributed by atoms with Crippen LogP contribution in [0.15, 0.2) is 30.3 Å². The van der Waals surface area contributed by atoms with Crippen LogP contribution in [-0.4, -0.2) is 31.1 Å². The first kappa shape index (κ1) is 15.0. The van der Waals surface area contributed by atoms with Gasteiger partial charge in [-0.15, -0.1) is 11.3 Å². The summed E-state index contributed by atoms with van der Waals surface area (Å²) in [5.41, 5.74) is 2.15. The Kier molecular flexibility index (Phi) is 4.60. The van der Waals surface area contributed by atoms with Gasteiger partial charge in [-0.3, -0.25) is 4.90 Å². The highest BCUT2D eigenvalue weighted by Crippen LogP contribution is 2.36. The van der Waals surface area contributed by atoms with Gasteiger partial charge in [-0.2, -0.15) is 0 Å². The minimum Gasteiger partial charge on any atom is -0.314 e. The molecule has 21 heavy (non-hydrogen) atoms. The summed E-state index contributed by atoms with van der Waals surface area (Å²) in [5, 5.41) is 3.38. The van der Waals surface area contributed by atoms with E-state index in [1.807, 2.05) is 19.1 Å². The lowest BCUT2D eigenvalue weighted by molar-refractivity contribution is 0.200. The molecule has 2 nitrogen and oxygen atoms in total. The number of rotatable bonds is 3. The van der Waals surface area contributed by atoms with Gasteiger partial charge in [-0.1, -0.05) is 17.7 Å². The van der Waals surface area contributed by atoms with Gasteiger partial charge in [0.25, 0.3) is 0 Å². The van der Waals surface area contributed by atoms with Crippen LogP contribution in [0.2, 0.25) is 4.34 Å². The predicted octanol–water partition coefficient (Wildman–Crippen LogP) is 3.84. The van der Waals surface area contributed by atoms with Crippen molar-refractivity contribution in [2.45, 2.75) is 13.0 Å². The average molecular weight is 325 g/mol. The van der Waals surface area contributed by atoms with E-state index >= 15 is 0 Å². The molecule has 2 heterocycles. The fourth-order valence-electron chi connectivity index (χ4n) is 2.89. The zero-order valence-corrected chi connectivity index (χ0v) is 13.5. The van der Waals surface area contributed by atoms with E-state index in [4.69, 9.17) is 11.6 Å². The van der Waals surface area contributed by atoms with Gasteiger partial charge in [0.2, 0.25) is 0 Å². The number of benzene rings is 1. The Morgan fingerprint density at radius 3 is 2.62 bits per heavy atom. The first-order chi connectivity index (χ1) is 10.1. The number of halogens is 2. The lowest BCUT2D eigenvalue weighted by Gasteiger charge is -2.35. The maximum atomic E-state index is 13.4. The van der Waals surface area contributed by atoms with E-state index in [9.17, 15) is 4.39 Å². The van der Waals surface area contributed by atoms with Gasteiger partial charge in [-0.05, 0) is 42.3 Å². The summed E-state index contributed by atoms with van der Waals surface area (Å²) < 4.78 is 14.2. The SMILES string of the molecule is Cc1cc(F)ccc1[C@@H](c1ccc(Cl)s1)N1CCNCC1. The molecule has 1 aliphatic heterocycles. The second-order valence-electron chi connectivity index (χ2n) is 5.33. The van der Waals surface area contributed by atoms with Gasteiger partial charge >= 0.3 is 0 Å². The summed E-state index contributed by atoms with van der Waals surface area (Å²) in [4.78, 5) is 3.66. The van der Waals surface area contributed by atoms with Crippen molar-refractivity contribution in [3.8, 4) is 0 Å². The van der Waals surface area contributed by atoms with E-state index in [-0.39, 0.29) is 11.9 Å². The molecule has 0 radical (unpaired) electrons. The number of hydrogen-bond acceptors (Lipinski definition) is 3. The van der Waals surface area contributed by atoms with Crippen molar-refractivity contribution < 1.29 is 4.39 Å². The van der Waals surface area contributed by atoms with E-state index in [0.717, 1.165) is 41.6 Å². The Bertz CT molecular complexity index is 622. The minimum absolute atomic E-state index is 0.158. The second-order valence-corrected chi connectivity index (χ2v) is 7.08. The molecule has 1 aromatic carbocycles. The van der Waals surface area contributed by atoms with Gasteiger partial charge < -0.3 is 5.32 Å². The molecule has 1 atom stereocenters. The summed E-state index contributed by atoms with van der Waals surface area (Å²) in [6.07, 6.45) is 0. The third-order valence-corrected chi connectivity index (χ3v) is 5.19. The average Bonchev–Trinajstić information content (AvgIpc) is 2.89. The van der Waals surface area contributed by atoms with Gasteiger partial charge in [0, 0.05) is 31.1 Å². The Labute approximate surface area is 133 Å². The number of nitrogens with zero attached hydrogens (tertiary/aromatic N) is 1. The molecule has 1 N–H and O–H groups in total. The molecule has 3 rings (SSSR count). The molecule has 0 saturated carbocycles. The van der Waals surface area contributed by atoms with Crippen LogP contribution in [0, 0.1) is 12.7 Å². The first-order valence-corrected chi connectivity index (χ1v) is 8.30. The Morgan fingerprint density at radius 2 is 2.00 bits per heavy atom. The smallest absolute Gasteiger partial charge is 0.123 e. The van der Waals surface area contributed by atoms with Crippen LogP contribution >= 0.6 is 22.9 Å². The lowest BCUT2D eigenvalue weighted by Crippen LogP contribution is -2.45. The van der Waals surface area contributed by atoms with E-state index < -0.39 is 0 Å². The largest absolute Gasteiger partial charge is 0.314 e. The molecule has 0 unspecified atom stereocenters. The number of aryl methyl sites for hydroxylation is 1. The molecular weight excluding hydrogens is 307 g/mol. The van der Waals surface area contributed by atoms with Crippen molar-refractivity contribution in [3.05, 3.63) is 56.5 Å². The van der Waals surface area contributed by atoms with E-state index in [1.54, 1.807) is 23.5 Å². The fraction of sp³-hybridized carbons (Fsp3) is 0.375. The topological polar surface area (TPSA) is 15.3 Å². The highest BCUT2D eigenvalue weighted by Gasteiger charge is 2.26. The molecular formula is C16H18ClFN2S. The molecule has 1 fully saturated rings. The van der Waals surface area contributed by atoms with Crippen molar-refractivity contribution >= 4 is 22.9 Å². The third kappa shape index (κ3) is 3.29. The number of nitrogens with one attached hydrogen (secondary N) is 1. The number of hydrogen-bond donors (Lipinski definition) is 1. The zero-order chi connectivity index (χ0) is 14.8. The highest BCUT2D eigenvalue weighted by atomic mass is 35.5. The highest BCUT2D eigenvalue weighted by molar-refractivity contribution is 7.16. The lowest BCUT2D eigenvalue weighted by atomic mass is 9.98. The summed E-state index contributed by atoms with van der Waals surface area (Å²) in [5.74, 6) is -0.181. The van der Waals surface area contributed by atoms with Crippen LogP contribution < -0.4 is 5.32 Å². The number of thiophene rings is 1. The number of piperazine rings is 1. The molecule has 1 saturated heterocycles. The summed E-state index contributed by atoms with van der Waals surface area (Å²) in [7, 11) is 0. The van der Waals surface area contributed by atoms with Crippen molar-refractivity contribution in [2.75, 3.05) is 26.2 Å². The zero-order valence-electron chi connectivity index (χ0n) is 11.9. The van der Waals surface area contributed by atoms with Crippen LogP contribution in [0.5, 0.6) is 0 Å². The maximum Gasteiger partial charge on any atom is 0.123 e. The second kappa shape index (κ2) is 6.44. The van der Waals surface area contributed by atoms with Crippen LogP contribution in [0.1, 0.15) is 22.0 Å². The van der Waals surface area contributed by atoms with E-state index in [2.05, 4.69) is 16.3 Å². The summed E-state index contributed by atoms with van der Waals surface area (Å²) in [6, 6.07) is 9.25. The minimum atomic E-state index is -0.181. The third-order valence-electron chi connectivity index (χ3n) is 3.91. The summed E-state index contributed by atoms with van der Waals surface area (Å²) >= 11 is 7.73. The fourth-order valence-corrected chi connectivity index (χ4v) is 4.11. The molecule has 0 spiro atoms. The summed E-state index contributed by atoms with van der Waals surface area (Å²) in [6.45, 7) is 5.91. The molecule has 1 aromatic heterocycles. The Morgan fingerprint density at radius 1 is 1.24 bits per heavy atom. The van der Waals surface area contributed by atoms with Gasteiger partial charge in [0.05, 0.1) is 10.4 Å². The Balaban J connectivity index is 2.02. The van der Waals surface area contributed by atoms with Crippen LogP contribution in [0.25, 0.3) is 0 Å². The molecule has 1 aliphatic rings. The molecule has 112 valence electrons. The quantitative estimate of drug-likeness (QED) is 0.922. The van der Waals surface area contributed by atoms with Crippen molar-refractivity contribution in [2.24, 2.45) is 0 Å². The van der Waals surface area contributed by atoms with Crippen molar-refractivity contribution in [1.82, 2.24) is 10.2 Å². The Hall–Kier alpha value is -0.940. The van der Waals surface area contributed by atoms with Gasteiger partial charge in [-0.25, -0.2) is 4.39 Å². The first-order valence-electron chi connectivity index (χ1n) is 7.11. The molecule has 2 aromatic rings. The normalized spacial score (nSPS) is 17.9. The molecule has 5 heteroatoms. The monoisotopic (exact) mass is 324 g/mol. The van der Waals surface area contributed by atoms with E-state index in [1.165, 1.54) is 4.88 Å². The van der Waals surface area contributed by atoms with E-state index in [0.29, 0.717) is 0 Å². The molecule has 0 bridgehead atoms. The standard InChI is InChI=1S/C16H18ClFN2S/c1-11-10-12(18)2-3-13(11)16(14-4-5-15(17)21-14)20-8-6-19-7-9-20/h2-5,10,16,19H,6-9H2,1H3/t16-/m0/s1. The van der Waals surface area contributed by atoms with Crippen molar-refractivity contribution in [3.63, 3.8) is 0 Å². The molecule has 0 amide bonds. The van der Waals surface area contributed by atoms with Gasteiger partial charge in [0.1, 0.15) is 5.82 Å². The maximum absolute atomic E-state index is 13.4. The molecule has 0 aliphatic carbocycles.